The van der Waals surface area contributed by atoms with Gasteiger partial charge in [0, 0.05) is 23.1 Å². The van der Waals surface area contributed by atoms with Crippen molar-refractivity contribution in [3.63, 3.8) is 0 Å². The standard InChI is InChI=1S/C20H19ClN4O2S/c1-3-26-17-9-13-8-12(2)27-18(13)10-14(17)11-22-25-19(23-24-20(25)28)15-6-4-5-7-16(15)21/h4-7,9-12H,3,8H2,1-2H3,(H,24,28)/b22-11-/t12-/m0/s1. The molecule has 0 unspecified atom stereocenters. The molecule has 0 bridgehead atoms. The molecule has 1 aromatic heterocycles. The molecule has 6 nitrogen and oxygen atoms in total. The maximum absolute atomic E-state index is 6.31. The molecule has 8 heteroatoms. The lowest BCUT2D eigenvalue weighted by molar-refractivity contribution is 0.254. The van der Waals surface area contributed by atoms with Crippen LogP contribution in [0.15, 0.2) is 41.5 Å². The van der Waals surface area contributed by atoms with E-state index < -0.39 is 0 Å². The van der Waals surface area contributed by atoms with E-state index in [1.165, 1.54) is 0 Å². The van der Waals surface area contributed by atoms with E-state index in [9.17, 15) is 0 Å². The summed E-state index contributed by atoms with van der Waals surface area (Å²) in [5, 5.41) is 12.2. The Morgan fingerprint density at radius 1 is 1.43 bits per heavy atom. The maximum atomic E-state index is 6.31. The zero-order valence-corrected chi connectivity index (χ0v) is 17.0. The number of rotatable bonds is 5. The van der Waals surface area contributed by atoms with Crippen LogP contribution in [0.2, 0.25) is 5.02 Å². The number of ether oxygens (including phenoxy) is 2. The first-order valence-electron chi connectivity index (χ1n) is 9.00. The number of halogens is 1. The van der Waals surface area contributed by atoms with Gasteiger partial charge in [0.15, 0.2) is 5.82 Å². The van der Waals surface area contributed by atoms with Crippen LogP contribution in [0.5, 0.6) is 11.5 Å². The summed E-state index contributed by atoms with van der Waals surface area (Å²) in [4.78, 5) is 0. The summed E-state index contributed by atoms with van der Waals surface area (Å²) in [5.74, 6) is 2.16. The number of hydrogen-bond acceptors (Lipinski definition) is 5. The molecule has 0 fully saturated rings. The van der Waals surface area contributed by atoms with Gasteiger partial charge in [-0.3, -0.25) is 0 Å². The Hall–Kier alpha value is -2.64. The van der Waals surface area contributed by atoms with Gasteiger partial charge in [-0.25, -0.2) is 5.10 Å². The predicted molar refractivity (Wildman–Crippen MR) is 112 cm³/mol. The fourth-order valence-electron chi connectivity index (χ4n) is 3.17. The first kappa shape index (κ1) is 18.7. The lowest BCUT2D eigenvalue weighted by Crippen LogP contribution is -2.05. The molecule has 0 spiro atoms. The van der Waals surface area contributed by atoms with E-state index in [2.05, 4.69) is 22.2 Å². The molecule has 1 N–H and O–H groups in total. The normalized spacial score (nSPS) is 15.6. The van der Waals surface area contributed by atoms with E-state index in [0.717, 1.165) is 34.6 Å². The summed E-state index contributed by atoms with van der Waals surface area (Å²) in [6.07, 6.45) is 2.73. The van der Waals surface area contributed by atoms with E-state index in [1.807, 2.05) is 37.3 Å². The molecule has 1 aliphatic heterocycles. The minimum atomic E-state index is 0.158. The molecule has 144 valence electrons. The maximum Gasteiger partial charge on any atom is 0.216 e. The van der Waals surface area contributed by atoms with Crippen molar-refractivity contribution >= 4 is 30.0 Å². The predicted octanol–water partition coefficient (Wildman–Crippen LogP) is 4.87. The van der Waals surface area contributed by atoms with Crippen molar-refractivity contribution in [1.29, 1.82) is 0 Å². The van der Waals surface area contributed by atoms with E-state index in [1.54, 1.807) is 17.0 Å². The van der Waals surface area contributed by atoms with Gasteiger partial charge in [-0.1, -0.05) is 23.7 Å². The Morgan fingerprint density at radius 3 is 3.04 bits per heavy atom. The SMILES string of the molecule is CCOc1cc2c(cc1/C=N\n1c(-c3ccccc3Cl)n[nH]c1=S)O[C@@H](C)C2. The Balaban J connectivity index is 1.75. The fraction of sp³-hybridized carbons (Fsp3) is 0.250. The van der Waals surface area contributed by atoms with Gasteiger partial charge in [0.1, 0.15) is 17.6 Å². The third-order valence-electron chi connectivity index (χ3n) is 4.41. The monoisotopic (exact) mass is 414 g/mol. The number of hydrogen-bond donors (Lipinski definition) is 1. The Labute approximate surface area is 172 Å². The Kier molecular flexibility index (Phi) is 5.19. The van der Waals surface area contributed by atoms with Gasteiger partial charge in [-0.2, -0.15) is 14.9 Å². The molecule has 0 aliphatic carbocycles. The fourth-order valence-corrected chi connectivity index (χ4v) is 3.57. The number of aromatic nitrogens is 3. The average Bonchev–Trinajstić information content (AvgIpc) is 3.21. The number of aromatic amines is 1. The molecule has 0 amide bonds. The summed E-state index contributed by atoms with van der Waals surface area (Å²) < 4.78 is 13.6. The first-order chi connectivity index (χ1) is 13.6. The summed E-state index contributed by atoms with van der Waals surface area (Å²) in [7, 11) is 0. The van der Waals surface area contributed by atoms with Gasteiger partial charge in [0.25, 0.3) is 0 Å². The molecule has 1 aliphatic rings. The van der Waals surface area contributed by atoms with E-state index in [-0.39, 0.29) is 6.10 Å². The van der Waals surface area contributed by atoms with Crippen LogP contribution in [-0.4, -0.2) is 33.8 Å². The molecule has 28 heavy (non-hydrogen) atoms. The van der Waals surface area contributed by atoms with Gasteiger partial charge in [-0.15, -0.1) is 0 Å². The van der Waals surface area contributed by atoms with Gasteiger partial charge < -0.3 is 9.47 Å². The number of nitrogens with zero attached hydrogens (tertiary/aromatic N) is 3. The van der Waals surface area contributed by atoms with Crippen LogP contribution in [0.25, 0.3) is 11.4 Å². The van der Waals surface area contributed by atoms with Crippen molar-refractivity contribution < 1.29 is 9.47 Å². The number of fused-ring (bicyclic) bond motifs is 1. The largest absolute Gasteiger partial charge is 0.493 e. The molecular formula is C20H19ClN4O2S. The van der Waals surface area contributed by atoms with E-state index >= 15 is 0 Å². The van der Waals surface area contributed by atoms with Crippen molar-refractivity contribution in [2.24, 2.45) is 5.10 Å². The second kappa shape index (κ2) is 7.77. The number of H-pyrrole nitrogens is 1. The van der Waals surface area contributed by atoms with Crippen LogP contribution in [0, 0.1) is 4.77 Å². The highest BCUT2D eigenvalue weighted by atomic mass is 35.5. The van der Waals surface area contributed by atoms with Crippen molar-refractivity contribution in [2.75, 3.05) is 6.61 Å². The van der Waals surface area contributed by atoms with Gasteiger partial charge in [0.05, 0.1) is 17.8 Å². The zero-order valence-electron chi connectivity index (χ0n) is 15.5. The Bertz CT molecular complexity index is 1110. The molecule has 1 atom stereocenters. The van der Waals surface area contributed by atoms with E-state index in [0.29, 0.717) is 22.2 Å². The van der Waals surface area contributed by atoms with Gasteiger partial charge >= 0.3 is 0 Å². The van der Waals surface area contributed by atoms with E-state index in [4.69, 9.17) is 33.3 Å². The molecule has 0 saturated carbocycles. The molecule has 2 aromatic carbocycles. The van der Waals surface area contributed by atoms with Crippen LogP contribution in [0.4, 0.5) is 0 Å². The quantitative estimate of drug-likeness (QED) is 0.478. The summed E-state index contributed by atoms with van der Waals surface area (Å²) in [6, 6.07) is 11.4. The minimum absolute atomic E-state index is 0.158. The van der Waals surface area contributed by atoms with Crippen molar-refractivity contribution in [3.05, 3.63) is 57.3 Å². The topological polar surface area (TPSA) is 64.4 Å². The molecule has 0 radical (unpaired) electrons. The van der Waals surface area contributed by atoms with Crippen LogP contribution in [-0.2, 0) is 6.42 Å². The third kappa shape index (κ3) is 3.55. The van der Waals surface area contributed by atoms with Crippen LogP contribution < -0.4 is 9.47 Å². The van der Waals surface area contributed by atoms with Gasteiger partial charge in [-0.05, 0) is 50.3 Å². The lowest BCUT2D eigenvalue weighted by Gasteiger charge is -2.10. The molecule has 4 rings (SSSR count). The van der Waals surface area contributed by atoms with Crippen LogP contribution in [0.3, 0.4) is 0 Å². The third-order valence-corrected chi connectivity index (χ3v) is 5.00. The zero-order chi connectivity index (χ0) is 19.7. The summed E-state index contributed by atoms with van der Waals surface area (Å²) >= 11 is 11.7. The second-order valence-electron chi connectivity index (χ2n) is 6.45. The van der Waals surface area contributed by atoms with Gasteiger partial charge in [0.2, 0.25) is 4.77 Å². The molecular weight excluding hydrogens is 396 g/mol. The highest BCUT2D eigenvalue weighted by Gasteiger charge is 2.21. The molecule has 0 saturated heterocycles. The second-order valence-corrected chi connectivity index (χ2v) is 7.25. The van der Waals surface area contributed by atoms with Crippen LogP contribution in [0.1, 0.15) is 25.0 Å². The Morgan fingerprint density at radius 2 is 2.25 bits per heavy atom. The average molecular weight is 415 g/mol. The lowest BCUT2D eigenvalue weighted by atomic mass is 10.1. The van der Waals surface area contributed by atoms with Crippen LogP contribution >= 0.6 is 23.8 Å². The number of benzene rings is 2. The van der Waals surface area contributed by atoms with Crippen molar-refractivity contribution in [3.8, 4) is 22.9 Å². The minimum Gasteiger partial charge on any atom is -0.493 e. The smallest absolute Gasteiger partial charge is 0.216 e. The highest BCUT2D eigenvalue weighted by Crippen LogP contribution is 2.34. The summed E-state index contributed by atoms with van der Waals surface area (Å²) in [5.41, 5.74) is 2.69. The highest BCUT2D eigenvalue weighted by molar-refractivity contribution is 7.71. The summed E-state index contributed by atoms with van der Waals surface area (Å²) in [6.45, 7) is 4.57. The molecule has 2 heterocycles. The van der Waals surface area contributed by atoms with Crippen molar-refractivity contribution in [2.45, 2.75) is 26.4 Å². The number of nitrogens with one attached hydrogen (secondary N) is 1. The first-order valence-corrected chi connectivity index (χ1v) is 9.78. The molecule has 3 aromatic rings. The van der Waals surface area contributed by atoms with Crippen molar-refractivity contribution in [1.82, 2.24) is 14.9 Å².